The summed E-state index contributed by atoms with van der Waals surface area (Å²) in [5, 5.41) is 2.34. The summed E-state index contributed by atoms with van der Waals surface area (Å²) in [4.78, 5) is 51.3. The molecule has 1 heterocycles. The van der Waals surface area contributed by atoms with Crippen LogP contribution in [0.4, 0.5) is 10.5 Å². The number of Topliss-reactive ketones (excluding diaryl/α,β-unsaturated/α-hetero) is 1. The van der Waals surface area contributed by atoms with Gasteiger partial charge in [-0.25, -0.2) is 14.5 Å². The molecule has 1 N–H and O–H groups in total. The summed E-state index contributed by atoms with van der Waals surface area (Å²) in [5.74, 6) is -2.46. The zero-order valence-corrected chi connectivity index (χ0v) is 14.5. The molecule has 7 nitrogen and oxygen atoms in total. The predicted molar refractivity (Wildman–Crippen MR) is 96.9 cm³/mol. The topological polar surface area (TPSA) is 92.8 Å². The number of ether oxygens (including phenoxy) is 1. The Kier molecular flexibility index (Phi) is 5.12. The molecule has 2 aromatic rings. The molecule has 1 fully saturated rings. The van der Waals surface area contributed by atoms with Gasteiger partial charge in [0.2, 0.25) is 5.78 Å². The molecule has 27 heavy (non-hydrogen) atoms. The van der Waals surface area contributed by atoms with E-state index in [4.69, 9.17) is 4.74 Å². The van der Waals surface area contributed by atoms with Gasteiger partial charge in [0.15, 0.2) is 0 Å². The van der Waals surface area contributed by atoms with Crippen molar-refractivity contribution >= 4 is 29.4 Å². The van der Waals surface area contributed by atoms with E-state index in [2.05, 4.69) is 5.32 Å². The number of rotatable bonds is 5. The fourth-order valence-electron chi connectivity index (χ4n) is 2.65. The number of nitrogens with one attached hydrogen (secondary N) is 1. The SMILES string of the molecule is CCOC(=O)C(C(=O)c1ccccc1)=C1NC(=O)N(c2ccccc2)C1=O. The first-order valence-corrected chi connectivity index (χ1v) is 8.26. The summed E-state index contributed by atoms with van der Waals surface area (Å²) < 4.78 is 4.94. The number of amides is 3. The van der Waals surface area contributed by atoms with Crippen LogP contribution in [0.2, 0.25) is 0 Å². The number of hydrogen-bond acceptors (Lipinski definition) is 5. The highest BCUT2D eigenvalue weighted by Crippen LogP contribution is 2.24. The highest BCUT2D eigenvalue weighted by atomic mass is 16.5. The minimum atomic E-state index is -0.968. The third kappa shape index (κ3) is 3.48. The lowest BCUT2D eigenvalue weighted by molar-refractivity contribution is -0.138. The number of ketones is 1. The molecule has 1 aliphatic heterocycles. The first-order valence-electron chi connectivity index (χ1n) is 8.26. The van der Waals surface area contributed by atoms with Gasteiger partial charge in [0, 0.05) is 5.56 Å². The van der Waals surface area contributed by atoms with Gasteiger partial charge in [0.1, 0.15) is 11.3 Å². The van der Waals surface area contributed by atoms with Crippen LogP contribution >= 0.6 is 0 Å². The van der Waals surface area contributed by atoms with Crippen LogP contribution < -0.4 is 10.2 Å². The Bertz CT molecular complexity index is 935. The van der Waals surface area contributed by atoms with Gasteiger partial charge < -0.3 is 10.1 Å². The number of nitrogens with zero attached hydrogens (tertiary/aromatic N) is 1. The second-order valence-electron chi connectivity index (χ2n) is 5.57. The summed E-state index contributed by atoms with van der Waals surface area (Å²) in [5.41, 5.74) is -0.366. The molecule has 3 rings (SSSR count). The van der Waals surface area contributed by atoms with Crippen LogP contribution in [0.3, 0.4) is 0 Å². The first kappa shape index (κ1) is 18.1. The van der Waals surface area contributed by atoms with E-state index in [0.717, 1.165) is 4.90 Å². The van der Waals surface area contributed by atoms with Gasteiger partial charge in [-0.1, -0.05) is 48.5 Å². The summed E-state index contributed by atoms with van der Waals surface area (Å²) in [6, 6.07) is 15.5. The Balaban J connectivity index is 2.09. The third-order valence-electron chi connectivity index (χ3n) is 3.86. The Morgan fingerprint density at radius 2 is 1.56 bits per heavy atom. The Labute approximate surface area is 155 Å². The van der Waals surface area contributed by atoms with Gasteiger partial charge >= 0.3 is 12.0 Å². The van der Waals surface area contributed by atoms with Crippen molar-refractivity contribution in [3.05, 3.63) is 77.5 Å². The molecule has 136 valence electrons. The molecule has 0 saturated carbocycles. The van der Waals surface area contributed by atoms with Crippen molar-refractivity contribution in [1.82, 2.24) is 5.32 Å². The van der Waals surface area contributed by atoms with Crippen molar-refractivity contribution < 1.29 is 23.9 Å². The summed E-state index contributed by atoms with van der Waals surface area (Å²) >= 11 is 0. The van der Waals surface area contributed by atoms with Crippen molar-refractivity contribution in [1.29, 1.82) is 0 Å². The average molecular weight is 364 g/mol. The van der Waals surface area contributed by atoms with E-state index in [1.807, 2.05) is 0 Å². The monoisotopic (exact) mass is 364 g/mol. The number of benzene rings is 2. The largest absolute Gasteiger partial charge is 0.462 e. The Morgan fingerprint density at radius 1 is 0.963 bits per heavy atom. The lowest BCUT2D eigenvalue weighted by Gasteiger charge is -2.11. The molecule has 0 radical (unpaired) electrons. The molecule has 7 heteroatoms. The summed E-state index contributed by atoms with van der Waals surface area (Å²) in [7, 11) is 0. The number of esters is 1. The molecule has 0 aromatic heterocycles. The molecular weight excluding hydrogens is 348 g/mol. The number of hydrogen-bond donors (Lipinski definition) is 1. The van der Waals surface area contributed by atoms with Crippen molar-refractivity contribution in [2.75, 3.05) is 11.5 Å². The molecule has 0 spiro atoms. The van der Waals surface area contributed by atoms with Crippen molar-refractivity contribution in [2.24, 2.45) is 0 Å². The quantitative estimate of drug-likeness (QED) is 0.220. The van der Waals surface area contributed by atoms with Gasteiger partial charge in [-0.2, -0.15) is 0 Å². The number of para-hydroxylation sites is 1. The highest BCUT2D eigenvalue weighted by molar-refractivity contribution is 6.34. The van der Waals surface area contributed by atoms with E-state index in [1.54, 1.807) is 55.5 Å². The van der Waals surface area contributed by atoms with E-state index in [0.29, 0.717) is 5.69 Å². The highest BCUT2D eigenvalue weighted by Gasteiger charge is 2.40. The second kappa shape index (κ2) is 7.65. The van der Waals surface area contributed by atoms with Crippen LogP contribution in [0.5, 0.6) is 0 Å². The standard InChI is InChI=1S/C20H16N2O5/c1-2-27-19(25)15(17(23)13-9-5-3-6-10-13)16-18(24)22(20(26)21-16)14-11-7-4-8-12-14/h3-12H,2H2,1H3,(H,21,26). The lowest BCUT2D eigenvalue weighted by Crippen LogP contribution is -2.30. The van der Waals surface area contributed by atoms with E-state index in [-0.39, 0.29) is 12.2 Å². The molecule has 1 aliphatic rings. The van der Waals surface area contributed by atoms with Crippen LogP contribution in [-0.2, 0) is 14.3 Å². The normalized spacial score (nSPS) is 15.4. The molecule has 1 saturated heterocycles. The zero-order chi connectivity index (χ0) is 19.4. The number of anilines is 1. The molecule has 0 unspecified atom stereocenters. The van der Waals surface area contributed by atoms with E-state index in [1.165, 1.54) is 12.1 Å². The molecular formula is C20H16N2O5. The van der Waals surface area contributed by atoms with Crippen molar-refractivity contribution in [2.45, 2.75) is 6.92 Å². The average Bonchev–Trinajstić information content (AvgIpc) is 2.97. The number of carbonyl (C=O) groups is 4. The zero-order valence-electron chi connectivity index (χ0n) is 14.5. The Hall–Kier alpha value is -3.74. The number of urea groups is 1. The summed E-state index contributed by atoms with van der Waals surface area (Å²) in [6.07, 6.45) is 0. The fraction of sp³-hybridized carbons (Fsp3) is 0.100. The minimum absolute atomic E-state index is 0.0161. The molecule has 0 aliphatic carbocycles. The van der Waals surface area contributed by atoms with E-state index in [9.17, 15) is 19.2 Å². The Morgan fingerprint density at radius 3 is 2.15 bits per heavy atom. The van der Waals surface area contributed by atoms with E-state index >= 15 is 0 Å². The van der Waals surface area contributed by atoms with Gasteiger partial charge in [-0.05, 0) is 19.1 Å². The van der Waals surface area contributed by atoms with E-state index < -0.39 is 35.0 Å². The fourth-order valence-corrected chi connectivity index (χ4v) is 2.65. The van der Waals surface area contributed by atoms with Gasteiger partial charge in [0.25, 0.3) is 5.91 Å². The van der Waals surface area contributed by atoms with Crippen molar-refractivity contribution in [3.63, 3.8) is 0 Å². The third-order valence-corrected chi connectivity index (χ3v) is 3.86. The minimum Gasteiger partial charge on any atom is -0.462 e. The van der Waals surface area contributed by atoms with Crippen molar-refractivity contribution in [3.8, 4) is 0 Å². The number of carbonyl (C=O) groups excluding carboxylic acids is 4. The van der Waals surface area contributed by atoms with Crippen LogP contribution in [-0.4, -0.2) is 30.3 Å². The first-order chi connectivity index (χ1) is 13.0. The van der Waals surface area contributed by atoms with Crippen LogP contribution in [0.15, 0.2) is 71.9 Å². The second-order valence-corrected chi connectivity index (χ2v) is 5.57. The molecule has 3 amide bonds. The smallest absolute Gasteiger partial charge is 0.344 e. The number of imide groups is 1. The van der Waals surface area contributed by atoms with Crippen LogP contribution in [0.1, 0.15) is 17.3 Å². The maximum Gasteiger partial charge on any atom is 0.344 e. The predicted octanol–water partition coefficient (Wildman–Crippen LogP) is 2.44. The van der Waals surface area contributed by atoms with Gasteiger partial charge in [0.05, 0.1) is 12.3 Å². The molecule has 2 aromatic carbocycles. The van der Waals surface area contributed by atoms with Gasteiger partial charge in [-0.15, -0.1) is 0 Å². The maximum absolute atomic E-state index is 12.9. The van der Waals surface area contributed by atoms with Crippen LogP contribution in [0.25, 0.3) is 0 Å². The maximum atomic E-state index is 12.9. The van der Waals surface area contributed by atoms with Crippen LogP contribution in [0, 0.1) is 0 Å². The summed E-state index contributed by atoms with van der Waals surface area (Å²) in [6.45, 7) is 1.60. The molecule has 0 bridgehead atoms. The lowest BCUT2D eigenvalue weighted by atomic mass is 10.0. The van der Waals surface area contributed by atoms with Gasteiger partial charge in [-0.3, -0.25) is 9.59 Å². The molecule has 0 atom stereocenters.